The Morgan fingerprint density at radius 1 is 1.17 bits per heavy atom. The van der Waals surface area contributed by atoms with Crippen molar-refractivity contribution >= 4 is 23.4 Å². The Kier molecular flexibility index (Phi) is 4.10. The molecule has 0 atom stereocenters. The summed E-state index contributed by atoms with van der Waals surface area (Å²) in [6.07, 6.45) is 2.63. The third-order valence-electron chi connectivity index (χ3n) is 4.41. The fourth-order valence-electron chi connectivity index (χ4n) is 3.15. The van der Waals surface area contributed by atoms with Gasteiger partial charge in [0.15, 0.2) is 0 Å². The zero-order valence-electron chi connectivity index (χ0n) is 13.0. The highest BCUT2D eigenvalue weighted by Crippen LogP contribution is 2.26. The molecule has 0 saturated carbocycles. The summed E-state index contributed by atoms with van der Waals surface area (Å²) < 4.78 is 0. The Bertz CT molecular complexity index is 750. The molecule has 1 aromatic heterocycles. The van der Waals surface area contributed by atoms with Crippen LogP contribution in [0, 0.1) is 0 Å². The maximum Gasteiger partial charge on any atom is 0.256 e. The third-order valence-corrected chi connectivity index (χ3v) is 5.38. The van der Waals surface area contributed by atoms with Crippen molar-refractivity contribution in [2.45, 2.75) is 30.9 Å². The smallest absolute Gasteiger partial charge is 0.256 e. The largest absolute Gasteiger partial charge is 0.326 e. The molecule has 2 aromatic rings. The van der Waals surface area contributed by atoms with Crippen molar-refractivity contribution in [1.29, 1.82) is 0 Å². The van der Waals surface area contributed by atoms with E-state index in [0.29, 0.717) is 5.95 Å². The molecule has 6 heteroatoms. The van der Waals surface area contributed by atoms with Gasteiger partial charge in [0.05, 0.1) is 5.69 Å². The van der Waals surface area contributed by atoms with Crippen molar-refractivity contribution in [3.8, 4) is 0 Å². The van der Waals surface area contributed by atoms with E-state index < -0.39 is 0 Å². The zero-order chi connectivity index (χ0) is 15.6. The quantitative estimate of drug-likeness (QED) is 0.904. The van der Waals surface area contributed by atoms with Crippen LogP contribution >= 0.6 is 11.8 Å². The molecular weight excluding hydrogens is 308 g/mol. The SMILES string of the molecule is O=c1[nH]c(Nc2ccc(CN3CCCC3)cc2)nc2c1CSC2. The summed E-state index contributed by atoms with van der Waals surface area (Å²) in [6, 6.07) is 8.38. The summed E-state index contributed by atoms with van der Waals surface area (Å²) in [5.74, 6) is 2.12. The van der Waals surface area contributed by atoms with Crippen molar-refractivity contribution in [2.75, 3.05) is 18.4 Å². The Morgan fingerprint density at radius 2 is 1.96 bits per heavy atom. The molecule has 0 amide bonds. The first-order valence-corrected chi connectivity index (χ1v) is 9.21. The number of likely N-dealkylation sites (tertiary alicyclic amines) is 1. The van der Waals surface area contributed by atoms with Crippen molar-refractivity contribution in [3.05, 3.63) is 51.4 Å². The number of nitrogens with one attached hydrogen (secondary N) is 2. The number of thioether (sulfide) groups is 1. The van der Waals surface area contributed by atoms with E-state index in [0.717, 1.165) is 35.0 Å². The highest BCUT2D eigenvalue weighted by Gasteiger charge is 2.17. The fraction of sp³-hybridized carbons (Fsp3) is 0.412. The summed E-state index contributed by atoms with van der Waals surface area (Å²) in [4.78, 5) is 21.9. The van der Waals surface area contributed by atoms with Gasteiger partial charge in [-0.15, -0.1) is 0 Å². The Morgan fingerprint density at radius 3 is 2.74 bits per heavy atom. The molecule has 1 fully saturated rings. The molecule has 2 aliphatic rings. The molecule has 4 rings (SSSR count). The minimum Gasteiger partial charge on any atom is -0.326 e. The summed E-state index contributed by atoms with van der Waals surface area (Å²) in [5.41, 5.74) is 3.98. The van der Waals surface area contributed by atoms with E-state index in [4.69, 9.17) is 0 Å². The number of nitrogens with zero attached hydrogens (tertiary/aromatic N) is 2. The molecule has 5 nitrogen and oxygen atoms in total. The van der Waals surface area contributed by atoms with Gasteiger partial charge in [0, 0.05) is 29.3 Å². The van der Waals surface area contributed by atoms with E-state index in [9.17, 15) is 4.79 Å². The van der Waals surface area contributed by atoms with Gasteiger partial charge in [0.1, 0.15) is 0 Å². The number of fused-ring (bicyclic) bond motifs is 1. The van der Waals surface area contributed by atoms with E-state index in [1.807, 2.05) is 12.1 Å². The zero-order valence-corrected chi connectivity index (χ0v) is 13.8. The van der Waals surface area contributed by atoms with Crippen LogP contribution in [0.5, 0.6) is 0 Å². The minimum atomic E-state index is -0.0202. The van der Waals surface area contributed by atoms with Gasteiger partial charge in [-0.2, -0.15) is 11.8 Å². The predicted octanol–water partition coefficient (Wildman–Crippen LogP) is 2.86. The lowest BCUT2D eigenvalue weighted by Crippen LogP contribution is -2.18. The number of H-pyrrole nitrogens is 1. The van der Waals surface area contributed by atoms with Crippen LogP contribution in [0.4, 0.5) is 11.6 Å². The van der Waals surface area contributed by atoms with E-state index in [-0.39, 0.29) is 5.56 Å². The van der Waals surface area contributed by atoms with Gasteiger partial charge in [-0.3, -0.25) is 14.7 Å². The molecule has 2 N–H and O–H groups in total. The van der Waals surface area contributed by atoms with Crippen molar-refractivity contribution in [2.24, 2.45) is 0 Å². The maximum absolute atomic E-state index is 12.0. The van der Waals surface area contributed by atoms with Gasteiger partial charge >= 0.3 is 0 Å². The van der Waals surface area contributed by atoms with Crippen LogP contribution in [0.3, 0.4) is 0 Å². The Balaban J connectivity index is 1.46. The minimum absolute atomic E-state index is 0.0202. The van der Waals surface area contributed by atoms with E-state index in [1.165, 1.54) is 31.5 Å². The molecule has 0 unspecified atom stereocenters. The van der Waals surface area contributed by atoms with E-state index in [1.54, 1.807) is 11.8 Å². The summed E-state index contributed by atoms with van der Waals surface area (Å²) >= 11 is 1.73. The number of hydrogen-bond acceptors (Lipinski definition) is 5. The van der Waals surface area contributed by atoms with Crippen molar-refractivity contribution in [1.82, 2.24) is 14.9 Å². The number of aromatic amines is 1. The van der Waals surface area contributed by atoms with Crippen LogP contribution in [-0.2, 0) is 18.1 Å². The highest BCUT2D eigenvalue weighted by atomic mass is 32.2. The highest BCUT2D eigenvalue weighted by molar-refractivity contribution is 7.98. The molecule has 0 aliphatic carbocycles. The van der Waals surface area contributed by atoms with Crippen LogP contribution in [0.2, 0.25) is 0 Å². The first-order chi connectivity index (χ1) is 11.3. The van der Waals surface area contributed by atoms with E-state index in [2.05, 4.69) is 32.3 Å². The molecule has 120 valence electrons. The summed E-state index contributed by atoms with van der Waals surface area (Å²) in [7, 11) is 0. The summed E-state index contributed by atoms with van der Waals surface area (Å²) in [5, 5.41) is 3.21. The molecule has 0 bridgehead atoms. The van der Waals surface area contributed by atoms with Crippen LogP contribution in [-0.4, -0.2) is 28.0 Å². The summed E-state index contributed by atoms with van der Waals surface area (Å²) in [6.45, 7) is 3.43. The lowest BCUT2D eigenvalue weighted by atomic mass is 10.2. The molecule has 3 heterocycles. The molecule has 23 heavy (non-hydrogen) atoms. The van der Waals surface area contributed by atoms with Gasteiger partial charge in [0.2, 0.25) is 5.95 Å². The Labute approximate surface area is 139 Å². The topological polar surface area (TPSA) is 61.0 Å². The van der Waals surface area contributed by atoms with Gasteiger partial charge in [-0.1, -0.05) is 12.1 Å². The fourth-order valence-corrected chi connectivity index (χ4v) is 4.19. The molecule has 0 radical (unpaired) electrons. The average Bonchev–Trinajstić information content (AvgIpc) is 3.21. The lowest BCUT2D eigenvalue weighted by molar-refractivity contribution is 0.331. The normalized spacial score (nSPS) is 17.4. The second kappa shape index (κ2) is 6.37. The van der Waals surface area contributed by atoms with Crippen molar-refractivity contribution in [3.63, 3.8) is 0 Å². The van der Waals surface area contributed by atoms with Crippen LogP contribution in [0.25, 0.3) is 0 Å². The maximum atomic E-state index is 12.0. The second-order valence-electron chi connectivity index (χ2n) is 6.14. The first kappa shape index (κ1) is 14.8. The number of anilines is 2. The molecule has 2 aliphatic heterocycles. The number of rotatable bonds is 4. The number of aromatic nitrogens is 2. The van der Waals surface area contributed by atoms with Gasteiger partial charge in [0.25, 0.3) is 5.56 Å². The van der Waals surface area contributed by atoms with Crippen LogP contribution in [0.1, 0.15) is 29.7 Å². The monoisotopic (exact) mass is 328 g/mol. The van der Waals surface area contributed by atoms with E-state index >= 15 is 0 Å². The standard InChI is InChI=1S/C17H20N4OS/c22-16-14-10-23-11-15(14)19-17(20-16)18-13-5-3-12(4-6-13)9-21-7-1-2-8-21/h3-6H,1-2,7-11H2,(H2,18,19,20,22). The lowest BCUT2D eigenvalue weighted by Gasteiger charge is -2.15. The van der Waals surface area contributed by atoms with Gasteiger partial charge < -0.3 is 5.32 Å². The van der Waals surface area contributed by atoms with Crippen LogP contribution < -0.4 is 10.9 Å². The van der Waals surface area contributed by atoms with Crippen LogP contribution in [0.15, 0.2) is 29.1 Å². The number of benzene rings is 1. The predicted molar refractivity (Wildman–Crippen MR) is 94.1 cm³/mol. The van der Waals surface area contributed by atoms with Crippen molar-refractivity contribution < 1.29 is 0 Å². The molecule has 1 aromatic carbocycles. The Hall–Kier alpha value is -1.79. The molecular formula is C17H20N4OS. The molecule has 1 saturated heterocycles. The second-order valence-corrected chi connectivity index (χ2v) is 7.12. The van der Waals surface area contributed by atoms with Gasteiger partial charge in [-0.25, -0.2) is 4.98 Å². The first-order valence-electron chi connectivity index (χ1n) is 8.06. The number of hydrogen-bond donors (Lipinski definition) is 2. The third kappa shape index (κ3) is 3.28. The van der Waals surface area contributed by atoms with Gasteiger partial charge in [-0.05, 0) is 43.6 Å². The molecule has 0 spiro atoms. The average molecular weight is 328 g/mol.